The van der Waals surface area contributed by atoms with E-state index < -0.39 is 0 Å². The van der Waals surface area contributed by atoms with Crippen molar-refractivity contribution in [1.82, 2.24) is 10.2 Å². The zero-order valence-electron chi connectivity index (χ0n) is 14.5. The normalized spacial score (nSPS) is 18.0. The van der Waals surface area contributed by atoms with Crippen LogP contribution in [-0.4, -0.2) is 36.0 Å². The van der Waals surface area contributed by atoms with Gasteiger partial charge in [0.05, 0.1) is 5.92 Å². The summed E-state index contributed by atoms with van der Waals surface area (Å²) >= 11 is 0. The number of hydrogen-bond acceptors (Lipinski definition) is 2. The highest BCUT2D eigenvalue weighted by atomic mass is 16.2. The van der Waals surface area contributed by atoms with E-state index in [-0.39, 0.29) is 23.9 Å². The monoisotopic (exact) mass is 317 g/mol. The molecule has 0 bridgehead atoms. The first-order chi connectivity index (χ1) is 10.9. The molecule has 0 saturated carbocycles. The second-order valence-electron chi connectivity index (χ2n) is 6.70. The lowest BCUT2D eigenvalue weighted by molar-refractivity contribution is -0.121. The predicted octanol–water partition coefficient (Wildman–Crippen LogP) is 3.07. The zero-order chi connectivity index (χ0) is 17.0. The fraction of sp³-hybridized carbons (Fsp3) is 0.556. The average Bonchev–Trinajstić information content (AvgIpc) is 2.49. The van der Waals surface area contributed by atoms with Crippen LogP contribution in [0.15, 0.2) is 18.2 Å². The van der Waals surface area contributed by atoms with Crippen LogP contribution < -0.4 is 10.6 Å². The van der Waals surface area contributed by atoms with Crippen molar-refractivity contribution in [3.8, 4) is 0 Å². The number of likely N-dealkylation sites (tertiary alicyclic amines) is 1. The highest BCUT2D eigenvalue weighted by Gasteiger charge is 2.28. The molecule has 1 atom stereocenters. The molecule has 1 aromatic carbocycles. The maximum Gasteiger partial charge on any atom is 0.317 e. The molecule has 5 nitrogen and oxygen atoms in total. The van der Waals surface area contributed by atoms with Crippen LogP contribution in [0.25, 0.3) is 0 Å². The van der Waals surface area contributed by atoms with Gasteiger partial charge in [-0.1, -0.05) is 17.7 Å². The molecule has 2 rings (SSSR count). The largest absolute Gasteiger partial charge is 0.336 e. The Hall–Kier alpha value is -2.04. The Morgan fingerprint density at radius 1 is 1.26 bits per heavy atom. The van der Waals surface area contributed by atoms with Crippen LogP contribution >= 0.6 is 0 Å². The van der Waals surface area contributed by atoms with E-state index in [1.165, 1.54) is 5.56 Å². The van der Waals surface area contributed by atoms with E-state index in [4.69, 9.17) is 0 Å². The lowest BCUT2D eigenvalue weighted by Gasteiger charge is -2.32. The Kier molecular flexibility index (Phi) is 5.64. The summed E-state index contributed by atoms with van der Waals surface area (Å²) in [6.45, 7) is 9.09. The second kappa shape index (κ2) is 7.49. The van der Waals surface area contributed by atoms with E-state index in [0.29, 0.717) is 13.1 Å². The molecule has 2 N–H and O–H groups in total. The molecule has 0 radical (unpaired) electrons. The van der Waals surface area contributed by atoms with Gasteiger partial charge in [0.25, 0.3) is 0 Å². The lowest BCUT2D eigenvalue weighted by atomic mass is 9.97. The molecular formula is C18H27N3O2. The number of rotatable bonds is 3. The Bertz CT molecular complexity index is 584. The maximum atomic E-state index is 12.5. The number of hydrogen-bond donors (Lipinski definition) is 2. The van der Waals surface area contributed by atoms with E-state index >= 15 is 0 Å². The molecule has 0 aliphatic carbocycles. The Balaban J connectivity index is 1.97. The third kappa shape index (κ3) is 4.71. The summed E-state index contributed by atoms with van der Waals surface area (Å²) in [5.74, 6) is -0.152. The first kappa shape index (κ1) is 17.3. The van der Waals surface area contributed by atoms with Crippen molar-refractivity contribution in [2.75, 3.05) is 18.4 Å². The quantitative estimate of drug-likeness (QED) is 0.900. The standard InChI is InChI=1S/C18H27N3O2/c1-12(2)19-18(23)21-9-5-6-15(11-21)17(22)20-16-8-7-13(3)10-14(16)4/h7-8,10,12,15H,5-6,9,11H2,1-4H3,(H,19,23)(H,20,22)/t15-/m0/s1. The highest BCUT2D eigenvalue weighted by Crippen LogP contribution is 2.21. The number of aryl methyl sites for hydroxylation is 2. The van der Waals surface area contributed by atoms with Gasteiger partial charge < -0.3 is 15.5 Å². The molecule has 1 saturated heterocycles. The molecule has 0 spiro atoms. The smallest absolute Gasteiger partial charge is 0.317 e. The van der Waals surface area contributed by atoms with Gasteiger partial charge in [0.15, 0.2) is 0 Å². The van der Waals surface area contributed by atoms with Gasteiger partial charge in [-0.15, -0.1) is 0 Å². The van der Waals surface area contributed by atoms with Gasteiger partial charge in [-0.05, 0) is 52.2 Å². The number of piperidine rings is 1. The van der Waals surface area contributed by atoms with E-state index in [2.05, 4.69) is 16.7 Å². The van der Waals surface area contributed by atoms with Gasteiger partial charge in [-0.2, -0.15) is 0 Å². The number of benzene rings is 1. The first-order valence-electron chi connectivity index (χ1n) is 8.30. The summed E-state index contributed by atoms with van der Waals surface area (Å²) < 4.78 is 0. The fourth-order valence-electron chi connectivity index (χ4n) is 2.90. The highest BCUT2D eigenvalue weighted by molar-refractivity contribution is 5.93. The predicted molar refractivity (Wildman–Crippen MR) is 92.5 cm³/mol. The van der Waals surface area contributed by atoms with Crippen molar-refractivity contribution in [2.45, 2.75) is 46.6 Å². The Morgan fingerprint density at radius 3 is 2.65 bits per heavy atom. The molecule has 0 aromatic heterocycles. The average molecular weight is 317 g/mol. The number of urea groups is 1. The number of amides is 3. The molecule has 1 aliphatic heterocycles. The third-order valence-electron chi connectivity index (χ3n) is 4.13. The summed E-state index contributed by atoms with van der Waals surface area (Å²) in [6.07, 6.45) is 1.68. The minimum absolute atomic E-state index is 0.000926. The number of anilines is 1. The SMILES string of the molecule is Cc1ccc(NC(=O)[C@H]2CCCN(C(=O)NC(C)C)C2)c(C)c1. The minimum Gasteiger partial charge on any atom is -0.336 e. The molecule has 23 heavy (non-hydrogen) atoms. The van der Waals surface area contributed by atoms with Crippen LogP contribution in [-0.2, 0) is 4.79 Å². The molecule has 3 amide bonds. The van der Waals surface area contributed by atoms with E-state index in [0.717, 1.165) is 24.1 Å². The van der Waals surface area contributed by atoms with Crippen molar-refractivity contribution < 1.29 is 9.59 Å². The molecule has 1 heterocycles. The van der Waals surface area contributed by atoms with Crippen LogP contribution in [0, 0.1) is 19.8 Å². The topological polar surface area (TPSA) is 61.4 Å². The van der Waals surface area contributed by atoms with Gasteiger partial charge in [0, 0.05) is 24.8 Å². The third-order valence-corrected chi connectivity index (χ3v) is 4.13. The molecule has 5 heteroatoms. The van der Waals surface area contributed by atoms with Crippen molar-refractivity contribution in [1.29, 1.82) is 0 Å². The summed E-state index contributed by atoms with van der Waals surface area (Å²) in [4.78, 5) is 26.4. The zero-order valence-corrected chi connectivity index (χ0v) is 14.5. The summed E-state index contributed by atoms with van der Waals surface area (Å²) in [6, 6.07) is 6.01. The van der Waals surface area contributed by atoms with Crippen LogP contribution in [0.3, 0.4) is 0 Å². The van der Waals surface area contributed by atoms with Crippen LogP contribution in [0.2, 0.25) is 0 Å². The van der Waals surface area contributed by atoms with Crippen molar-refractivity contribution >= 4 is 17.6 Å². The molecule has 1 aliphatic rings. The first-order valence-corrected chi connectivity index (χ1v) is 8.30. The lowest BCUT2D eigenvalue weighted by Crippen LogP contribution is -2.49. The van der Waals surface area contributed by atoms with Gasteiger partial charge in [0.2, 0.25) is 5.91 Å². The van der Waals surface area contributed by atoms with Crippen molar-refractivity contribution in [2.24, 2.45) is 5.92 Å². The summed E-state index contributed by atoms with van der Waals surface area (Å²) in [5.41, 5.74) is 3.09. The van der Waals surface area contributed by atoms with E-state index in [1.807, 2.05) is 39.8 Å². The number of carbonyl (C=O) groups is 2. The molecular weight excluding hydrogens is 290 g/mol. The maximum absolute atomic E-state index is 12.5. The van der Waals surface area contributed by atoms with Gasteiger partial charge in [-0.25, -0.2) is 4.79 Å². The van der Waals surface area contributed by atoms with Crippen molar-refractivity contribution in [3.05, 3.63) is 29.3 Å². The van der Waals surface area contributed by atoms with E-state index in [1.54, 1.807) is 4.90 Å². The summed E-state index contributed by atoms with van der Waals surface area (Å²) in [5, 5.41) is 5.90. The second-order valence-corrected chi connectivity index (χ2v) is 6.70. The number of nitrogens with zero attached hydrogens (tertiary/aromatic N) is 1. The van der Waals surface area contributed by atoms with Crippen LogP contribution in [0.5, 0.6) is 0 Å². The summed E-state index contributed by atoms with van der Waals surface area (Å²) in [7, 11) is 0. The van der Waals surface area contributed by atoms with E-state index in [9.17, 15) is 9.59 Å². The van der Waals surface area contributed by atoms with Crippen LogP contribution in [0.4, 0.5) is 10.5 Å². The molecule has 0 unspecified atom stereocenters. The van der Waals surface area contributed by atoms with Gasteiger partial charge in [0.1, 0.15) is 0 Å². The number of nitrogens with one attached hydrogen (secondary N) is 2. The Morgan fingerprint density at radius 2 is 2.00 bits per heavy atom. The van der Waals surface area contributed by atoms with Gasteiger partial charge in [-0.3, -0.25) is 4.79 Å². The molecule has 126 valence electrons. The van der Waals surface area contributed by atoms with Crippen LogP contribution in [0.1, 0.15) is 37.8 Å². The molecule has 1 fully saturated rings. The number of carbonyl (C=O) groups excluding carboxylic acids is 2. The Labute approximate surface area is 138 Å². The van der Waals surface area contributed by atoms with Crippen molar-refractivity contribution in [3.63, 3.8) is 0 Å². The fourth-order valence-corrected chi connectivity index (χ4v) is 2.90. The molecule has 1 aromatic rings. The minimum atomic E-state index is -0.151. The van der Waals surface area contributed by atoms with Gasteiger partial charge >= 0.3 is 6.03 Å².